The maximum atomic E-state index is 2.65. The lowest BCUT2D eigenvalue weighted by Crippen LogP contribution is -2.25. The molecule has 1 aromatic carbocycles. The fourth-order valence-corrected chi connectivity index (χ4v) is 2.88. The first-order valence-electron chi connectivity index (χ1n) is 7.06. The fraction of sp³-hybridized carbons (Fsp3) is 0.625. The molecule has 1 aliphatic heterocycles. The first-order valence-corrected chi connectivity index (χ1v) is 7.06. The fourth-order valence-electron chi connectivity index (χ4n) is 2.88. The largest absolute Gasteiger partial charge is 0.296 e. The third kappa shape index (κ3) is 2.90. The van der Waals surface area contributed by atoms with Crippen LogP contribution in [-0.2, 0) is 0 Å². The molecule has 0 radical (unpaired) electrons. The molecule has 1 saturated heterocycles. The van der Waals surface area contributed by atoms with Crippen molar-refractivity contribution in [3.8, 4) is 0 Å². The van der Waals surface area contributed by atoms with Gasteiger partial charge in [-0.05, 0) is 49.4 Å². The Morgan fingerprint density at radius 1 is 1.12 bits per heavy atom. The van der Waals surface area contributed by atoms with Gasteiger partial charge in [0.05, 0.1) is 0 Å². The Morgan fingerprint density at radius 2 is 1.76 bits per heavy atom. The molecule has 17 heavy (non-hydrogen) atoms. The second-order valence-corrected chi connectivity index (χ2v) is 5.49. The molecule has 1 aliphatic rings. The van der Waals surface area contributed by atoms with Gasteiger partial charge in [0.25, 0.3) is 0 Å². The summed E-state index contributed by atoms with van der Waals surface area (Å²) >= 11 is 0. The standard InChI is InChI=1S/C16H25N/c1-4-16(17-10-5-6-11-17)15-9-7-8-14(12-15)13(2)3/h7-9,12-13,16H,4-6,10-11H2,1-3H3. The van der Waals surface area contributed by atoms with Crippen LogP contribution in [-0.4, -0.2) is 18.0 Å². The number of nitrogens with zero attached hydrogens (tertiary/aromatic N) is 1. The van der Waals surface area contributed by atoms with E-state index >= 15 is 0 Å². The highest BCUT2D eigenvalue weighted by Gasteiger charge is 2.21. The molecular weight excluding hydrogens is 206 g/mol. The Balaban J connectivity index is 2.20. The predicted molar refractivity (Wildman–Crippen MR) is 74.4 cm³/mol. The second kappa shape index (κ2) is 5.68. The lowest BCUT2D eigenvalue weighted by atomic mass is 9.96. The van der Waals surface area contributed by atoms with Crippen molar-refractivity contribution in [1.29, 1.82) is 0 Å². The van der Waals surface area contributed by atoms with Crippen LogP contribution in [0.5, 0.6) is 0 Å². The van der Waals surface area contributed by atoms with E-state index in [0.29, 0.717) is 12.0 Å². The van der Waals surface area contributed by atoms with Crippen molar-refractivity contribution < 1.29 is 0 Å². The van der Waals surface area contributed by atoms with E-state index in [0.717, 1.165) is 0 Å². The minimum Gasteiger partial charge on any atom is -0.296 e. The normalized spacial score (nSPS) is 18.8. The Kier molecular flexibility index (Phi) is 4.22. The molecule has 1 nitrogen and oxygen atoms in total. The molecule has 1 unspecified atom stereocenters. The van der Waals surface area contributed by atoms with Crippen molar-refractivity contribution in [2.75, 3.05) is 13.1 Å². The zero-order valence-electron chi connectivity index (χ0n) is 11.4. The number of benzene rings is 1. The summed E-state index contributed by atoms with van der Waals surface area (Å²) in [7, 11) is 0. The Hall–Kier alpha value is -0.820. The van der Waals surface area contributed by atoms with E-state index in [4.69, 9.17) is 0 Å². The number of rotatable bonds is 4. The zero-order valence-corrected chi connectivity index (χ0v) is 11.4. The van der Waals surface area contributed by atoms with Crippen molar-refractivity contribution in [1.82, 2.24) is 4.90 Å². The van der Waals surface area contributed by atoms with E-state index in [9.17, 15) is 0 Å². The van der Waals surface area contributed by atoms with Crippen LogP contribution >= 0.6 is 0 Å². The zero-order chi connectivity index (χ0) is 12.3. The summed E-state index contributed by atoms with van der Waals surface area (Å²) in [5, 5.41) is 0. The third-order valence-electron chi connectivity index (χ3n) is 3.93. The van der Waals surface area contributed by atoms with Crippen LogP contribution in [0.25, 0.3) is 0 Å². The van der Waals surface area contributed by atoms with Gasteiger partial charge >= 0.3 is 0 Å². The van der Waals surface area contributed by atoms with Crippen LogP contribution in [0.2, 0.25) is 0 Å². The summed E-state index contributed by atoms with van der Waals surface area (Å²) in [6, 6.07) is 9.83. The van der Waals surface area contributed by atoms with Crippen LogP contribution in [0.15, 0.2) is 24.3 Å². The Morgan fingerprint density at radius 3 is 2.35 bits per heavy atom. The average Bonchev–Trinajstić information content (AvgIpc) is 2.84. The SMILES string of the molecule is CCC(c1cccc(C(C)C)c1)N1CCCC1. The van der Waals surface area contributed by atoms with E-state index in [1.54, 1.807) is 0 Å². The van der Waals surface area contributed by atoms with Gasteiger partial charge in [-0.2, -0.15) is 0 Å². The molecule has 1 atom stereocenters. The molecule has 1 aromatic rings. The second-order valence-electron chi connectivity index (χ2n) is 5.49. The van der Waals surface area contributed by atoms with Gasteiger partial charge in [0.15, 0.2) is 0 Å². The summed E-state index contributed by atoms with van der Waals surface area (Å²) in [6.07, 6.45) is 3.97. The van der Waals surface area contributed by atoms with Gasteiger partial charge < -0.3 is 0 Å². The third-order valence-corrected chi connectivity index (χ3v) is 3.93. The summed E-state index contributed by atoms with van der Waals surface area (Å²) in [4.78, 5) is 2.65. The molecule has 0 spiro atoms. The van der Waals surface area contributed by atoms with Crippen molar-refractivity contribution in [3.63, 3.8) is 0 Å². The molecule has 1 fully saturated rings. The van der Waals surface area contributed by atoms with Crippen LogP contribution in [0, 0.1) is 0 Å². The van der Waals surface area contributed by atoms with E-state index in [2.05, 4.69) is 49.9 Å². The molecule has 0 saturated carbocycles. The van der Waals surface area contributed by atoms with Gasteiger partial charge in [-0.3, -0.25) is 4.90 Å². The molecule has 0 bridgehead atoms. The smallest absolute Gasteiger partial charge is 0.0345 e. The van der Waals surface area contributed by atoms with Crippen molar-refractivity contribution in [2.24, 2.45) is 0 Å². The molecular formula is C16H25N. The molecule has 0 amide bonds. The minimum absolute atomic E-state index is 0.631. The van der Waals surface area contributed by atoms with Crippen LogP contribution < -0.4 is 0 Å². The van der Waals surface area contributed by atoms with Gasteiger partial charge in [0.2, 0.25) is 0 Å². The van der Waals surface area contributed by atoms with Crippen LogP contribution in [0.3, 0.4) is 0 Å². The molecule has 0 aliphatic carbocycles. The summed E-state index contributed by atoms with van der Waals surface area (Å²) in [5.41, 5.74) is 2.99. The van der Waals surface area contributed by atoms with Crippen LogP contribution in [0.4, 0.5) is 0 Å². The van der Waals surface area contributed by atoms with Gasteiger partial charge in [-0.25, -0.2) is 0 Å². The molecule has 1 heterocycles. The molecule has 1 heteroatoms. The van der Waals surface area contributed by atoms with Gasteiger partial charge in [-0.1, -0.05) is 45.0 Å². The first kappa shape index (κ1) is 12.6. The maximum absolute atomic E-state index is 2.65. The average molecular weight is 231 g/mol. The molecule has 0 aromatic heterocycles. The highest BCUT2D eigenvalue weighted by molar-refractivity contribution is 5.28. The van der Waals surface area contributed by atoms with E-state index in [1.807, 2.05) is 0 Å². The van der Waals surface area contributed by atoms with Gasteiger partial charge in [-0.15, -0.1) is 0 Å². The van der Waals surface area contributed by atoms with Crippen molar-refractivity contribution >= 4 is 0 Å². The van der Waals surface area contributed by atoms with E-state index < -0.39 is 0 Å². The van der Waals surface area contributed by atoms with Crippen molar-refractivity contribution in [2.45, 2.75) is 52.0 Å². The summed E-state index contributed by atoms with van der Waals surface area (Å²) < 4.78 is 0. The van der Waals surface area contributed by atoms with E-state index in [1.165, 1.54) is 43.5 Å². The van der Waals surface area contributed by atoms with Gasteiger partial charge in [0, 0.05) is 6.04 Å². The highest BCUT2D eigenvalue weighted by atomic mass is 15.2. The predicted octanol–water partition coefficient (Wildman–Crippen LogP) is 4.36. The Bertz CT molecular complexity index is 350. The number of likely N-dealkylation sites (tertiary alicyclic amines) is 1. The molecule has 94 valence electrons. The monoisotopic (exact) mass is 231 g/mol. The van der Waals surface area contributed by atoms with E-state index in [-0.39, 0.29) is 0 Å². The molecule has 0 N–H and O–H groups in total. The number of hydrogen-bond donors (Lipinski definition) is 0. The quantitative estimate of drug-likeness (QED) is 0.744. The summed E-state index contributed by atoms with van der Waals surface area (Å²) in [6.45, 7) is 9.42. The Labute approximate surface area is 106 Å². The lowest BCUT2D eigenvalue weighted by molar-refractivity contribution is 0.239. The lowest BCUT2D eigenvalue weighted by Gasteiger charge is -2.27. The summed E-state index contributed by atoms with van der Waals surface area (Å²) in [5.74, 6) is 0.631. The first-order chi connectivity index (χ1) is 8.22. The topological polar surface area (TPSA) is 3.24 Å². The number of hydrogen-bond acceptors (Lipinski definition) is 1. The maximum Gasteiger partial charge on any atom is 0.0345 e. The minimum atomic E-state index is 0.631. The van der Waals surface area contributed by atoms with Crippen molar-refractivity contribution in [3.05, 3.63) is 35.4 Å². The van der Waals surface area contributed by atoms with Gasteiger partial charge in [0.1, 0.15) is 0 Å². The highest BCUT2D eigenvalue weighted by Crippen LogP contribution is 2.29. The molecule has 2 rings (SSSR count). The van der Waals surface area contributed by atoms with Crippen LogP contribution in [0.1, 0.15) is 63.1 Å².